The van der Waals surface area contributed by atoms with E-state index in [2.05, 4.69) is 38.1 Å². The molecule has 3 aromatic rings. The molecule has 18 heavy (non-hydrogen) atoms. The highest BCUT2D eigenvalue weighted by Crippen LogP contribution is 2.31. The molecule has 0 aliphatic heterocycles. The van der Waals surface area contributed by atoms with E-state index < -0.39 is 0 Å². The SMILES string of the molecule is c1cc(-c2cnn(CC3CC3)c2)c2cc[nH]c2n1. The van der Waals surface area contributed by atoms with Gasteiger partial charge in [0.15, 0.2) is 0 Å². The topological polar surface area (TPSA) is 46.5 Å². The summed E-state index contributed by atoms with van der Waals surface area (Å²) in [5.74, 6) is 0.850. The van der Waals surface area contributed by atoms with Crippen molar-refractivity contribution in [3.63, 3.8) is 0 Å². The van der Waals surface area contributed by atoms with Gasteiger partial charge in [-0.25, -0.2) is 4.98 Å². The zero-order chi connectivity index (χ0) is 11.9. The Labute approximate surface area is 105 Å². The largest absolute Gasteiger partial charge is 0.346 e. The van der Waals surface area contributed by atoms with Gasteiger partial charge < -0.3 is 4.98 Å². The van der Waals surface area contributed by atoms with Crippen LogP contribution in [0.5, 0.6) is 0 Å². The Morgan fingerprint density at radius 2 is 2.28 bits per heavy atom. The predicted octanol–water partition coefficient (Wildman–Crippen LogP) is 2.84. The van der Waals surface area contributed by atoms with Crippen LogP contribution in [-0.4, -0.2) is 19.7 Å². The molecule has 0 radical (unpaired) electrons. The van der Waals surface area contributed by atoms with E-state index in [1.165, 1.54) is 24.0 Å². The second-order valence-corrected chi connectivity index (χ2v) is 4.99. The molecule has 0 amide bonds. The van der Waals surface area contributed by atoms with Crippen molar-refractivity contribution in [2.45, 2.75) is 19.4 Å². The van der Waals surface area contributed by atoms with Gasteiger partial charge in [-0.1, -0.05) is 0 Å². The normalized spacial score (nSPS) is 15.3. The Balaban J connectivity index is 1.76. The number of hydrogen-bond acceptors (Lipinski definition) is 2. The Kier molecular flexibility index (Phi) is 2.03. The lowest BCUT2D eigenvalue weighted by Crippen LogP contribution is -1.98. The summed E-state index contributed by atoms with van der Waals surface area (Å²) in [5.41, 5.74) is 3.30. The standard InChI is InChI=1S/C14H14N4/c1-2-10(1)8-18-9-11(7-17-18)12-3-5-15-14-13(12)4-6-16-14/h3-7,9-10H,1-2,8H2,(H,15,16). The first-order valence-electron chi connectivity index (χ1n) is 6.35. The first-order valence-corrected chi connectivity index (χ1v) is 6.35. The number of aromatic amines is 1. The van der Waals surface area contributed by atoms with Gasteiger partial charge >= 0.3 is 0 Å². The molecular weight excluding hydrogens is 224 g/mol. The highest BCUT2D eigenvalue weighted by molar-refractivity contribution is 5.92. The summed E-state index contributed by atoms with van der Waals surface area (Å²) in [6.45, 7) is 1.06. The third kappa shape index (κ3) is 1.61. The molecule has 4 nitrogen and oxygen atoms in total. The fraction of sp³-hybridized carbons (Fsp3) is 0.286. The molecular formula is C14H14N4. The summed E-state index contributed by atoms with van der Waals surface area (Å²) in [6.07, 6.45) is 10.6. The molecule has 1 aliphatic carbocycles. The molecule has 0 unspecified atom stereocenters. The van der Waals surface area contributed by atoms with E-state index in [1.54, 1.807) is 0 Å². The molecule has 1 fully saturated rings. The second kappa shape index (κ2) is 3.70. The van der Waals surface area contributed by atoms with E-state index in [9.17, 15) is 0 Å². The lowest BCUT2D eigenvalue weighted by molar-refractivity contribution is 0.563. The minimum atomic E-state index is 0.850. The van der Waals surface area contributed by atoms with Crippen LogP contribution in [0.25, 0.3) is 22.2 Å². The third-order valence-electron chi connectivity index (χ3n) is 3.55. The molecule has 4 heteroatoms. The van der Waals surface area contributed by atoms with E-state index in [-0.39, 0.29) is 0 Å². The van der Waals surface area contributed by atoms with E-state index in [4.69, 9.17) is 0 Å². The van der Waals surface area contributed by atoms with Crippen molar-refractivity contribution in [1.82, 2.24) is 19.7 Å². The van der Waals surface area contributed by atoms with Gasteiger partial charge in [0.2, 0.25) is 0 Å². The summed E-state index contributed by atoms with van der Waals surface area (Å²) in [6, 6.07) is 4.12. The maximum Gasteiger partial charge on any atom is 0.137 e. The first-order chi connectivity index (χ1) is 8.90. The molecule has 0 saturated heterocycles. The van der Waals surface area contributed by atoms with Crippen LogP contribution in [0.15, 0.2) is 36.9 Å². The quantitative estimate of drug-likeness (QED) is 0.762. The molecule has 0 atom stereocenters. The van der Waals surface area contributed by atoms with Gasteiger partial charge in [-0.3, -0.25) is 4.68 Å². The van der Waals surface area contributed by atoms with Crippen molar-refractivity contribution >= 4 is 11.0 Å². The minimum absolute atomic E-state index is 0.850. The number of H-pyrrole nitrogens is 1. The number of aromatic nitrogens is 4. The highest BCUT2D eigenvalue weighted by atomic mass is 15.3. The summed E-state index contributed by atoms with van der Waals surface area (Å²) in [4.78, 5) is 7.45. The van der Waals surface area contributed by atoms with Gasteiger partial charge in [-0.15, -0.1) is 0 Å². The summed E-state index contributed by atoms with van der Waals surface area (Å²) in [5, 5.41) is 5.61. The number of nitrogens with one attached hydrogen (secondary N) is 1. The number of pyridine rings is 1. The van der Waals surface area contributed by atoms with Gasteiger partial charge in [0.1, 0.15) is 5.65 Å². The zero-order valence-electron chi connectivity index (χ0n) is 10.0. The number of nitrogens with zero attached hydrogens (tertiary/aromatic N) is 3. The second-order valence-electron chi connectivity index (χ2n) is 4.99. The molecule has 4 rings (SSSR count). The van der Waals surface area contributed by atoms with E-state index in [0.717, 1.165) is 23.5 Å². The lowest BCUT2D eigenvalue weighted by atomic mass is 10.1. The summed E-state index contributed by atoms with van der Waals surface area (Å²) < 4.78 is 2.06. The van der Waals surface area contributed by atoms with Crippen LogP contribution in [0.3, 0.4) is 0 Å². The van der Waals surface area contributed by atoms with Crippen molar-refractivity contribution < 1.29 is 0 Å². The highest BCUT2D eigenvalue weighted by Gasteiger charge is 2.22. The van der Waals surface area contributed by atoms with Crippen LogP contribution < -0.4 is 0 Å². The summed E-state index contributed by atoms with van der Waals surface area (Å²) >= 11 is 0. The molecule has 0 bridgehead atoms. The molecule has 3 heterocycles. The Morgan fingerprint density at radius 1 is 1.33 bits per heavy atom. The first kappa shape index (κ1) is 9.88. The van der Waals surface area contributed by atoms with E-state index in [0.29, 0.717) is 0 Å². The fourth-order valence-corrected chi connectivity index (χ4v) is 2.38. The van der Waals surface area contributed by atoms with Crippen LogP contribution in [0, 0.1) is 5.92 Å². The Hall–Kier alpha value is -2.10. The minimum Gasteiger partial charge on any atom is -0.346 e. The molecule has 3 aromatic heterocycles. The summed E-state index contributed by atoms with van der Waals surface area (Å²) in [7, 11) is 0. The molecule has 1 saturated carbocycles. The number of hydrogen-bond donors (Lipinski definition) is 1. The maximum absolute atomic E-state index is 4.45. The van der Waals surface area contributed by atoms with Crippen LogP contribution in [0.2, 0.25) is 0 Å². The number of rotatable bonds is 3. The van der Waals surface area contributed by atoms with Crippen molar-refractivity contribution in [2.24, 2.45) is 5.92 Å². The maximum atomic E-state index is 4.45. The van der Waals surface area contributed by atoms with Gasteiger partial charge in [-0.05, 0) is 36.5 Å². The van der Waals surface area contributed by atoms with Gasteiger partial charge in [0.05, 0.1) is 6.20 Å². The molecule has 1 aliphatic rings. The lowest BCUT2D eigenvalue weighted by Gasteiger charge is -1.99. The van der Waals surface area contributed by atoms with Gasteiger partial charge in [-0.2, -0.15) is 5.10 Å². The van der Waals surface area contributed by atoms with E-state index in [1.807, 2.05) is 18.6 Å². The molecule has 90 valence electrons. The zero-order valence-corrected chi connectivity index (χ0v) is 10.0. The van der Waals surface area contributed by atoms with Crippen molar-refractivity contribution in [3.05, 3.63) is 36.9 Å². The van der Waals surface area contributed by atoms with Gasteiger partial charge in [0.25, 0.3) is 0 Å². The average Bonchev–Trinajstić information content (AvgIpc) is 2.91. The van der Waals surface area contributed by atoms with Crippen molar-refractivity contribution in [1.29, 1.82) is 0 Å². The third-order valence-corrected chi connectivity index (χ3v) is 3.55. The Bertz CT molecular complexity index is 690. The average molecular weight is 238 g/mol. The molecule has 1 N–H and O–H groups in total. The predicted molar refractivity (Wildman–Crippen MR) is 70.0 cm³/mol. The molecule has 0 spiro atoms. The van der Waals surface area contributed by atoms with Crippen LogP contribution in [-0.2, 0) is 6.54 Å². The van der Waals surface area contributed by atoms with E-state index >= 15 is 0 Å². The van der Waals surface area contributed by atoms with Crippen LogP contribution >= 0.6 is 0 Å². The van der Waals surface area contributed by atoms with Crippen molar-refractivity contribution in [3.8, 4) is 11.1 Å². The molecule has 0 aromatic carbocycles. The number of fused-ring (bicyclic) bond motifs is 1. The van der Waals surface area contributed by atoms with Crippen LogP contribution in [0.4, 0.5) is 0 Å². The van der Waals surface area contributed by atoms with Crippen LogP contribution in [0.1, 0.15) is 12.8 Å². The smallest absolute Gasteiger partial charge is 0.137 e. The van der Waals surface area contributed by atoms with Gasteiger partial charge in [0, 0.05) is 36.1 Å². The fourth-order valence-electron chi connectivity index (χ4n) is 2.38. The van der Waals surface area contributed by atoms with Crippen molar-refractivity contribution in [2.75, 3.05) is 0 Å². The Morgan fingerprint density at radius 3 is 3.17 bits per heavy atom. The monoisotopic (exact) mass is 238 g/mol.